The number of hydrogen-bond acceptors (Lipinski definition) is 4. The molecule has 1 saturated heterocycles. The highest BCUT2D eigenvalue weighted by Gasteiger charge is 2.46. The van der Waals surface area contributed by atoms with Crippen LogP contribution in [0.2, 0.25) is 5.02 Å². The van der Waals surface area contributed by atoms with Crippen LogP contribution in [0.3, 0.4) is 0 Å². The predicted octanol–water partition coefficient (Wildman–Crippen LogP) is 4.69. The molecule has 0 saturated carbocycles. The second-order valence-corrected chi connectivity index (χ2v) is 7.00. The lowest BCUT2D eigenvalue weighted by molar-refractivity contribution is -0.140. The van der Waals surface area contributed by atoms with Crippen LogP contribution in [-0.4, -0.2) is 21.7 Å². The predicted molar refractivity (Wildman–Crippen MR) is 104 cm³/mol. The second-order valence-electron chi connectivity index (χ2n) is 6.56. The number of ketones is 1. The molecule has 2 aromatic carbocycles. The average Bonchev–Trinajstić information content (AvgIpc) is 3.31. The summed E-state index contributed by atoms with van der Waals surface area (Å²) >= 11 is 5.90. The molecule has 1 atom stereocenters. The molecule has 0 aliphatic carbocycles. The minimum atomic E-state index is -0.892. The zero-order valence-corrected chi connectivity index (χ0v) is 15.8. The molecule has 1 amide bonds. The molecule has 5 nitrogen and oxygen atoms in total. The van der Waals surface area contributed by atoms with Gasteiger partial charge in [0, 0.05) is 10.6 Å². The van der Waals surface area contributed by atoms with E-state index in [1.54, 1.807) is 36.4 Å². The zero-order valence-electron chi connectivity index (χ0n) is 15.0. The molecule has 4 rings (SSSR count). The number of aliphatic hydroxyl groups is 1. The molecule has 1 fully saturated rings. The van der Waals surface area contributed by atoms with Crippen LogP contribution >= 0.6 is 11.6 Å². The van der Waals surface area contributed by atoms with Gasteiger partial charge in [-0.15, -0.1) is 0 Å². The van der Waals surface area contributed by atoms with Crippen LogP contribution < -0.4 is 0 Å². The van der Waals surface area contributed by atoms with E-state index in [-0.39, 0.29) is 17.9 Å². The highest BCUT2D eigenvalue weighted by Crippen LogP contribution is 2.40. The number of aliphatic hydroxyl groups excluding tert-OH is 1. The normalized spacial score (nSPS) is 18.4. The van der Waals surface area contributed by atoms with Crippen LogP contribution in [0.15, 0.2) is 76.9 Å². The Bertz CT molecular complexity index is 1090. The maximum Gasteiger partial charge on any atom is 0.296 e. The van der Waals surface area contributed by atoms with Gasteiger partial charge in [0.15, 0.2) is 0 Å². The number of hydrogen-bond donors (Lipinski definition) is 1. The molecule has 1 N–H and O–H groups in total. The molecule has 3 aromatic rings. The first kappa shape index (κ1) is 19.0. The first-order valence-corrected chi connectivity index (χ1v) is 9.15. The van der Waals surface area contributed by atoms with E-state index in [2.05, 4.69) is 0 Å². The van der Waals surface area contributed by atoms with E-state index in [1.165, 1.54) is 35.4 Å². The molecule has 7 heteroatoms. The van der Waals surface area contributed by atoms with Crippen LogP contribution in [0.5, 0.6) is 0 Å². The third kappa shape index (κ3) is 3.54. The van der Waals surface area contributed by atoms with E-state index in [9.17, 15) is 19.1 Å². The monoisotopic (exact) mass is 411 g/mol. The van der Waals surface area contributed by atoms with Crippen molar-refractivity contribution in [2.24, 2.45) is 0 Å². The Labute approximate surface area is 170 Å². The number of carbonyl (C=O) groups is 2. The van der Waals surface area contributed by atoms with E-state index in [1.807, 2.05) is 0 Å². The van der Waals surface area contributed by atoms with E-state index < -0.39 is 23.5 Å². The number of rotatable bonds is 4. The van der Waals surface area contributed by atoms with Crippen LogP contribution in [0, 0.1) is 5.82 Å². The van der Waals surface area contributed by atoms with Crippen molar-refractivity contribution in [3.63, 3.8) is 0 Å². The van der Waals surface area contributed by atoms with Gasteiger partial charge in [0.25, 0.3) is 11.7 Å². The summed E-state index contributed by atoms with van der Waals surface area (Å²) in [5.41, 5.74) is 0.765. The average molecular weight is 412 g/mol. The first-order chi connectivity index (χ1) is 14.0. The van der Waals surface area contributed by atoms with Crippen molar-refractivity contribution in [3.05, 3.63) is 100 Å². The number of likely N-dealkylation sites (tertiary alicyclic amines) is 1. The summed E-state index contributed by atoms with van der Waals surface area (Å²) in [5, 5.41) is 11.3. The van der Waals surface area contributed by atoms with Crippen LogP contribution in [0.25, 0.3) is 5.76 Å². The van der Waals surface area contributed by atoms with Crippen molar-refractivity contribution >= 4 is 29.1 Å². The molecule has 0 spiro atoms. The van der Waals surface area contributed by atoms with Crippen molar-refractivity contribution in [2.45, 2.75) is 12.6 Å². The van der Waals surface area contributed by atoms with Crippen molar-refractivity contribution in [1.82, 2.24) is 4.90 Å². The zero-order chi connectivity index (χ0) is 20.5. The van der Waals surface area contributed by atoms with Crippen molar-refractivity contribution in [1.29, 1.82) is 0 Å². The largest absolute Gasteiger partial charge is 0.507 e. The van der Waals surface area contributed by atoms with Gasteiger partial charge < -0.3 is 14.4 Å². The van der Waals surface area contributed by atoms with Crippen LogP contribution in [0.4, 0.5) is 4.39 Å². The van der Waals surface area contributed by atoms with Gasteiger partial charge in [-0.25, -0.2) is 4.39 Å². The van der Waals surface area contributed by atoms with Gasteiger partial charge in [-0.3, -0.25) is 9.59 Å². The third-order valence-corrected chi connectivity index (χ3v) is 5.00. The fourth-order valence-electron chi connectivity index (χ4n) is 3.37. The number of Topliss-reactive ketones (excluding diaryl/α,β-unsaturated/α-hetero) is 1. The Morgan fingerprint density at radius 2 is 1.76 bits per heavy atom. The van der Waals surface area contributed by atoms with Crippen molar-refractivity contribution in [3.8, 4) is 0 Å². The molecular formula is C22H15ClFNO4. The van der Waals surface area contributed by atoms with Crippen molar-refractivity contribution in [2.75, 3.05) is 0 Å². The fraction of sp³-hybridized carbons (Fsp3) is 0.0909. The Kier molecular flexibility index (Phi) is 4.94. The van der Waals surface area contributed by atoms with Crippen molar-refractivity contribution < 1.29 is 23.5 Å². The summed E-state index contributed by atoms with van der Waals surface area (Å²) < 4.78 is 18.8. The molecule has 0 radical (unpaired) electrons. The number of nitrogens with zero attached hydrogens (tertiary/aromatic N) is 1. The highest BCUT2D eigenvalue weighted by molar-refractivity contribution is 6.46. The first-order valence-electron chi connectivity index (χ1n) is 8.78. The SMILES string of the molecule is O=C1C(=O)N(Cc2ccco2)C(c2ccc(F)cc2)/C1=C(/O)c1ccc(Cl)cc1. The second kappa shape index (κ2) is 7.56. The van der Waals surface area contributed by atoms with E-state index in [0.717, 1.165) is 0 Å². The molecule has 0 bridgehead atoms. The molecule has 1 unspecified atom stereocenters. The lowest BCUT2D eigenvalue weighted by Crippen LogP contribution is -2.29. The molecule has 1 aliphatic heterocycles. The van der Waals surface area contributed by atoms with E-state index in [0.29, 0.717) is 21.9 Å². The maximum atomic E-state index is 13.5. The van der Waals surface area contributed by atoms with E-state index >= 15 is 0 Å². The van der Waals surface area contributed by atoms with Gasteiger partial charge in [0.2, 0.25) is 0 Å². The lowest BCUT2D eigenvalue weighted by atomic mass is 9.95. The molecule has 29 heavy (non-hydrogen) atoms. The molecule has 1 aliphatic rings. The van der Waals surface area contributed by atoms with Gasteiger partial charge in [-0.05, 0) is 54.1 Å². The highest BCUT2D eigenvalue weighted by atomic mass is 35.5. The molecule has 146 valence electrons. The third-order valence-electron chi connectivity index (χ3n) is 4.75. The van der Waals surface area contributed by atoms with Gasteiger partial charge in [0.1, 0.15) is 17.3 Å². The number of furan rings is 1. The summed E-state index contributed by atoms with van der Waals surface area (Å²) in [6.07, 6.45) is 1.46. The maximum absolute atomic E-state index is 13.5. The number of halogens is 2. The van der Waals surface area contributed by atoms with Gasteiger partial charge >= 0.3 is 0 Å². The summed E-state index contributed by atoms with van der Waals surface area (Å²) in [6.45, 7) is 0.0248. The summed E-state index contributed by atoms with van der Waals surface area (Å²) in [6, 6.07) is 14.2. The van der Waals surface area contributed by atoms with Gasteiger partial charge in [-0.2, -0.15) is 0 Å². The number of amides is 1. The Hall–Kier alpha value is -3.38. The molecular weight excluding hydrogens is 397 g/mol. The molecule has 1 aromatic heterocycles. The Morgan fingerprint density at radius 3 is 2.38 bits per heavy atom. The quantitative estimate of drug-likeness (QED) is 0.384. The topological polar surface area (TPSA) is 70.8 Å². The van der Waals surface area contributed by atoms with Crippen LogP contribution in [-0.2, 0) is 16.1 Å². The van der Waals surface area contributed by atoms with Crippen LogP contribution in [0.1, 0.15) is 22.9 Å². The molecule has 2 heterocycles. The minimum Gasteiger partial charge on any atom is -0.507 e. The van der Waals surface area contributed by atoms with Gasteiger partial charge in [-0.1, -0.05) is 23.7 Å². The summed E-state index contributed by atoms with van der Waals surface area (Å²) in [7, 11) is 0. The number of carbonyl (C=O) groups excluding carboxylic acids is 2. The summed E-state index contributed by atoms with van der Waals surface area (Å²) in [5.74, 6) is -1.89. The van der Waals surface area contributed by atoms with E-state index in [4.69, 9.17) is 16.0 Å². The number of benzene rings is 2. The fourth-order valence-corrected chi connectivity index (χ4v) is 3.49. The minimum absolute atomic E-state index is 0.0248. The Balaban J connectivity index is 1.86. The standard InChI is InChI=1S/C22H15ClFNO4/c23-15-7-3-14(4-8-15)20(26)18-19(13-5-9-16(24)10-6-13)25(22(28)21(18)27)12-17-2-1-11-29-17/h1-11,19,26H,12H2/b20-18-. The smallest absolute Gasteiger partial charge is 0.296 e. The lowest BCUT2D eigenvalue weighted by Gasteiger charge is -2.24. The summed E-state index contributed by atoms with van der Waals surface area (Å²) in [4.78, 5) is 26.9. The Morgan fingerprint density at radius 1 is 1.07 bits per heavy atom. The van der Waals surface area contributed by atoms with Gasteiger partial charge in [0.05, 0.1) is 24.4 Å².